The molecule has 2 heterocycles. The number of hydrogen-bond donors (Lipinski definition) is 1. The molecule has 0 spiro atoms. The van der Waals surface area contributed by atoms with E-state index in [0.717, 1.165) is 5.56 Å². The number of benzene rings is 1. The third-order valence-corrected chi connectivity index (χ3v) is 5.49. The van der Waals surface area contributed by atoms with Gasteiger partial charge in [0.25, 0.3) is 5.56 Å². The molecule has 0 bridgehead atoms. The molecule has 0 aliphatic heterocycles. The van der Waals surface area contributed by atoms with E-state index in [2.05, 4.69) is 48.1 Å². The summed E-state index contributed by atoms with van der Waals surface area (Å²) < 4.78 is 1.31. The smallest absolute Gasteiger partial charge is 0.294 e. The van der Waals surface area contributed by atoms with E-state index in [1.807, 2.05) is 0 Å². The molecule has 1 N–H and O–H groups in total. The monoisotopic (exact) mass is 363 g/mol. The topological polar surface area (TPSA) is 84.8 Å². The van der Waals surface area contributed by atoms with Gasteiger partial charge in [0.2, 0.25) is 0 Å². The summed E-state index contributed by atoms with van der Waals surface area (Å²) in [5.41, 5.74) is 2.83. The zero-order chi connectivity index (χ0) is 19.3. The van der Waals surface area contributed by atoms with Crippen molar-refractivity contribution in [2.24, 2.45) is 7.05 Å². The minimum absolute atomic E-state index is 0.00782. The summed E-state index contributed by atoms with van der Waals surface area (Å²) in [6, 6.07) is 8.34. The first-order chi connectivity index (χ1) is 12.9. The maximum atomic E-state index is 12.7. The van der Waals surface area contributed by atoms with Gasteiger partial charge in [-0.1, -0.05) is 38.1 Å². The number of hydrogen-bond acceptors (Lipinski definition) is 4. The second-order valence-corrected chi connectivity index (χ2v) is 7.52. The van der Waals surface area contributed by atoms with Gasteiger partial charge >= 0.3 is 5.69 Å². The van der Waals surface area contributed by atoms with Crippen molar-refractivity contribution in [2.45, 2.75) is 38.5 Å². The van der Waals surface area contributed by atoms with Crippen molar-refractivity contribution in [1.29, 1.82) is 0 Å². The van der Waals surface area contributed by atoms with Gasteiger partial charge in [-0.15, -0.1) is 0 Å². The molecule has 138 valence electrons. The third-order valence-electron chi connectivity index (χ3n) is 5.49. The Morgan fingerprint density at radius 1 is 1.11 bits per heavy atom. The molecule has 1 unspecified atom stereocenters. The summed E-state index contributed by atoms with van der Waals surface area (Å²) in [5, 5.41) is 0.339. The largest absolute Gasteiger partial charge is 0.329 e. The SMILES string of the molecule is CC(C)c1ccc(C2CC(=O)c3cnc4c(c3C2)c(=O)[nH]c(=O)n4C)cc1. The van der Waals surface area contributed by atoms with Gasteiger partial charge in [0.15, 0.2) is 5.78 Å². The van der Waals surface area contributed by atoms with Crippen LogP contribution in [0.15, 0.2) is 40.1 Å². The Morgan fingerprint density at radius 2 is 1.81 bits per heavy atom. The van der Waals surface area contributed by atoms with Crippen molar-refractivity contribution in [3.63, 3.8) is 0 Å². The average molecular weight is 363 g/mol. The molecule has 1 aromatic carbocycles. The van der Waals surface area contributed by atoms with Gasteiger partial charge in [-0.25, -0.2) is 9.78 Å². The Kier molecular flexibility index (Phi) is 4.06. The molecule has 1 atom stereocenters. The van der Waals surface area contributed by atoms with Crippen LogP contribution in [0.3, 0.4) is 0 Å². The molecule has 0 fully saturated rings. The van der Waals surface area contributed by atoms with E-state index in [-0.39, 0.29) is 11.7 Å². The Labute approximate surface area is 155 Å². The van der Waals surface area contributed by atoms with E-state index in [1.54, 1.807) is 7.05 Å². The summed E-state index contributed by atoms with van der Waals surface area (Å²) in [5.74, 6) is 0.438. The lowest BCUT2D eigenvalue weighted by Crippen LogP contribution is -2.31. The molecular formula is C21H21N3O3. The first-order valence-electron chi connectivity index (χ1n) is 9.10. The predicted molar refractivity (Wildman–Crippen MR) is 104 cm³/mol. The van der Waals surface area contributed by atoms with Gasteiger partial charge in [0.1, 0.15) is 5.65 Å². The van der Waals surface area contributed by atoms with E-state index < -0.39 is 11.2 Å². The number of aromatic nitrogens is 3. The van der Waals surface area contributed by atoms with E-state index >= 15 is 0 Å². The van der Waals surface area contributed by atoms with Gasteiger partial charge < -0.3 is 0 Å². The number of Topliss-reactive ketones (excluding diaryl/α,β-unsaturated/α-hetero) is 1. The summed E-state index contributed by atoms with van der Waals surface area (Å²) >= 11 is 0. The summed E-state index contributed by atoms with van der Waals surface area (Å²) in [6.07, 6.45) is 2.46. The predicted octanol–water partition coefficient (Wildman–Crippen LogP) is 2.66. The molecule has 2 aromatic heterocycles. The Balaban J connectivity index is 1.85. The number of carbonyl (C=O) groups excluding carboxylic acids is 1. The fourth-order valence-electron chi connectivity index (χ4n) is 3.86. The van der Waals surface area contributed by atoms with Crippen molar-refractivity contribution < 1.29 is 4.79 Å². The van der Waals surface area contributed by atoms with Crippen molar-refractivity contribution in [2.75, 3.05) is 0 Å². The fraction of sp³-hybridized carbons (Fsp3) is 0.333. The lowest BCUT2D eigenvalue weighted by molar-refractivity contribution is 0.0964. The van der Waals surface area contributed by atoms with Crippen molar-refractivity contribution in [3.05, 3.63) is 73.6 Å². The standard InChI is InChI=1S/C21H21N3O3/c1-11(2)12-4-6-13(7-5-12)14-8-15-16(17(25)9-14)10-22-19-18(15)20(26)23-21(27)24(19)3/h4-7,10-11,14H,8-9H2,1-3H3,(H,23,26,27). The van der Waals surface area contributed by atoms with Gasteiger partial charge in [0, 0.05) is 25.2 Å². The second kappa shape index (κ2) is 6.30. The lowest BCUT2D eigenvalue weighted by atomic mass is 9.79. The molecule has 0 saturated carbocycles. The molecule has 6 heteroatoms. The molecule has 27 heavy (non-hydrogen) atoms. The number of rotatable bonds is 2. The first kappa shape index (κ1) is 17.4. The lowest BCUT2D eigenvalue weighted by Gasteiger charge is -2.25. The first-order valence-corrected chi connectivity index (χ1v) is 9.10. The Hall–Kier alpha value is -3.02. The summed E-state index contributed by atoms with van der Waals surface area (Å²) in [6.45, 7) is 4.29. The van der Waals surface area contributed by atoms with Crippen molar-refractivity contribution >= 4 is 16.8 Å². The highest BCUT2D eigenvalue weighted by atomic mass is 16.2. The number of fused-ring (bicyclic) bond motifs is 3. The highest BCUT2D eigenvalue weighted by Crippen LogP contribution is 2.35. The van der Waals surface area contributed by atoms with Crippen LogP contribution in [0.4, 0.5) is 0 Å². The van der Waals surface area contributed by atoms with Crippen LogP contribution in [-0.2, 0) is 13.5 Å². The van der Waals surface area contributed by atoms with Gasteiger partial charge in [0.05, 0.1) is 5.39 Å². The van der Waals surface area contributed by atoms with Gasteiger partial charge in [-0.3, -0.25) is 19.1 Å². The van der Waals surface area contributed by atoms with E-state index in [0.29, 0.717) is 40.9 Å². The van der Waals surface area contributed by atoms with Crippen molar-refractivity contribution in [3.8, 4) is 0 Å². The van der Waals surface area contributed by atoms with Gasteiger partial charge in [-0.05, 0) is 34.9 Å². The Morgan fingerprint density at radius 3 is 2.48 bits per heavy atom. The summed E-state index contributed by atoms with van der Waals surface area (Å²) in [4.78, 5) is 43.6. The normalized spacial score (nSPS) is 16.7. The summed E-state index contributed by atoms with van der Waals surface area (Å²) in [7, 11) is 1.56. The van der Waals surface area contributed by atoms with Crippen LogP contribution in [0, 0.1) is 0 Å². The Bertz CT molecular complexity index is 1170. The zero-order valence-electron chi connectivity index (χ0n) is 15.6. The average Bonchev–Trinajstić information content (AvgIpc) is 2.65. The highest BCUT2D eigenvalue weighted by Gasteiger charge is 2.29. The minimum atomic E-state index is -0.511. The number of aryl methyl sites for hydroxylation is 1. The molecule has 1 aliphatic carbocycles. The van der Waals surface area contributed by atoms with Crippen LogP contribution >= 0.6 is 0 Å². The number of carbonyl (C=O) groups is 1. The van der Waals surface area contributed by atoms with Crippen LogP contribution < -0.4 is 11.2 Å². The van der Waals surface area contributed by atoms with Crippen LogP contribution in [0.25, 0.3) is 11.0 Å². The number of nitrogens with zero attached hydrogens (tertiary/aromatic N) is 2. The molecule has 6 nitrogen and oxygen atoms in total. The maximum absolute atomic E-state index is 12.7. The number of ketones is 1. The fourth-order valence-corrected chi connectivity index (χ4v) is 3.86. The van der Waals surface area contributed by atoms with Crippen LogP contribution in [0.1, 0.15) is 59.2 Å². The number of aromatic amines is 1. The number of nitrogens with one attached hydrogen (secondary N) is 1. The molecule has 0 saturated heterocycles. The molecule has 0 radical (unpaired) electrons. The van der Waals surface area contributed by atoms with Crippen molar-refractivity contribution in [1.82, 2.24) is 14.5 Å². The zero-order valence-corrected chi connectivity index (χ0v) is 15.6. The van der Waals surface area contributed by atoms with E-state index in [9.17, 15) is 14.4 Å². The van der Waals surface area contributed by atoms with E-state index in [1.165, 1.54) is 16.3 Å². The number of pyridine rings is 1. The van der Waals surface area contributed by atoms with Gasteiger partial charge in [-0.2, -0.15) is 0 Å². The molecular weight excluding hydrogens is 342 g/mol. The van der Waals surface area contributed by atoms with Crippen LogP contribution in [-0.4, -0.2) is 20.3 Å². The second-order valence-electron chi connectivity index (χ2n) is 7.52. The van der Waals surface area contributed by atoms with Crippen LogP contribution in [0.2, 0.25) is 0 Å². The minimum Gasteiger partial charge on any atom is -0.294 e. The van der Waals surface area contributed by atoms with E-state index in [4.69, 9.17) is 0 Å². The highest BCUT2D eigenvalue weighted by molar-refractivity contribution is 6.02. The molecule has 0 amide bonds. The molecule has 1 aliphatic rings. The quantitative estimate of drug-likeness (QED) is 0.758. The maximum Gasteiger partial charge on any atom is 0.329 e. The van der Waals surface area contributed by atoms with Crippen LogP contribution in [0.5, 0.6) is 0 Å². The molecule has 3 aromatic rings. The molecule has 4 rings (SSSR count). The third kappa shape index (κ3) is 2.81. The number of H-pyrrole nitrogens is 1.